The summed E-state index contributed by atoms with van der Waals surface area (Å²) < 4.78 is 1.78. The van der Waals surface area contributed by atoms with Gasteiger partial charge in [-0.3, -0.25) is 4.68 Å². The van der Waals surface area contributed by atoms with E-state index >= 15 is 0 Å². The van der Waals surface area contributed by atoms with E-state index in [1.54, 1.807) is 16.4 Å². The van der Waals surface area contributed by atoms with E-state index in [4.69, 9.17) is 18.0 Å². The molecule has 4 nitrogen and oxygen atoms in total. The summed E-state index contributed by atoms with van der Waals surface area (Å²) in [6, 6.07) is 0. The minimum absolute atomic E-state index is 0.396. The van der Waals surface area contributed by atoms with E-state index in [9.17, 15) is 0 Å². The van der Waals surface area contributed by atoms with Crippen molar-refractivity contribution in [2.75, 3.05) is 23.9 Å². The number of thioether (sulfide) groups is 1. The van der Waals surface area contributed by atoms with Crippen molar-refractivity contribution in [2.45, 2.75) is 6.92 Å². The topological polar surface area (TPSA) is 55.9 Å². The molecule has 0 saturated carbocycles. The Bertz CT molecular complexity index is 359. The van der Waals surface area contributed by atoms with Gasteiger partial charge in [-0.05, 0) is 13.2 Å². The minimum atomic E-state index is 0.396. The number of aryl methyl sites for hydroxylation is 2. The molecule has 1 heterocycles. The fraction of sp³-hybridized carbons (Fsp3) is 0.556. The third-order valence-electron chi connectivity index (χ3n) is 2.07. The number of rotatable bonds is 5. The molecule has 0 radical (unpaired) electrons. The van der Waals surface area contributed by atoms with Crippen molar-refractivity contribution >= 4 is 34.8 Å². The molecule has 0 spiro atoms. The van der Waals surface area contributed by atoms with Crippen LogP contribution in [0.4, 0.5) is 5.82 Å². The van der Waals surface area contributed by atoms with Crippen molar-refractivity contribution < 1.29 is 0 Å². The van der Waals surface area contributed by atoms with E-state index in [1.807, 2.05) is 14.0 Å². The predicted molar refractivity (Wildman–Crippen MR) is 70.7 cm³/mol. The van der Waals surface area contributed by atoms with E-state index in [1.165, 1.54) is 0 Å². The molecule has 1 rings (SSSR count). The highest BCUT2D eigenvalue weighted by molar-refractivity contribution is 7.98. The van der Waals surface area contributed by atoms with Gasteiger partial charge >= 0.3 is 0 Å². The molecule has 0 fully saturated rings. The van der Waals surface area contributed by atoms with Crippen molar-refractivity contribution in [3.63, 3.8) is 0 Å². The van der Waals surface area contributed by atoms with Crippen LogP contribution in [0.15, 0.2) is 0 Å². The standard InChI is InChI=1S/C9H16N4S2/c1-6-7(8(10)14)9(13(2)12-6)11-4-5-15-3/h11H,4-5H2,1-3H3,(H2,10,14). The van der Waals surface area contributed by atoms with Gasteiger partial charge in [0.25, 0.3) is 0 Å². The lowest BCUT2D eigenvalue weighted by Gasteiger charge is -2.07. The first kappa shape index (κ1) is 12.3. The molecular formula is C9H16N4S2. The largest absolute Gasteiger partial charge is 0.389 e. The molecule has 1 aromatic rings. The molecule has 0 aliphatic rings. The molecule has 0 bridgehead atoms. The molecule has 0 amide bonds. The first-order chi connectivity index (χ1) is 7.07. The van der Waals surface area contributed by atoms with Gasteiger partial charge in [-0.25, -0.2) is 0 Å². The zero-order valence-corrected chi connectivity index (χ0v) is 10.8. The summed E-state index contributed by atoms with van der Waals surface area (Å²) in [5, 5.41) is 7.59. The zero-order valence-electron chi connectivity index (χ0n) is 9.20. The molecule has 0 aliphatic heterocycles. The summed E-state index contributed by atoms with van der Waals surface area (Å²) in [6.07, 6.45) is 2.07. The second-order valence-corrected chi connectivity index (χ2v) is 4.64. The summed E-state index contributed by atoms with van der Waals surface area (Å²) in [7, 11) is 1.89. The Hall–Kier alpha value is -0.750. The first-order valence-electron chi connectivity index (χ1n) is 4.64. The molecule has 0 aliphatic carbocycles. The summed E-state index contributed by atoms with van der Waals surface area (Å²) in [4.78, 5) is 0.396. The lowest BCUT2D eigenvalue weighted by Crippen LogP contribution is -2.15. The maximum atomic E-state index is 5.67. The smallest absolute Gasteiger partial charge is 0.134 e. The Morgan fingerprint density at radius 1 is 1.67 bits per heavy atom. The summed E-state index contributed by atoms with van der Waals surface area (Å²) >= 11 is 6.80. The Morgan fingerprint density at radius 2 is 2.33 bits per heavy atom. The molecule has 0 atom stereocenters. The second kappa shape index (κ2) is 5.37. The third-order valence-corrected chi connectivity index (χ3v) is 2.88. The van der Waals surface area contributed by atoms with Gasteiger partial charge in [-0.15, -0.1) is 0 Å². The number of aromatic nitrogens is 2. The van der Waals surface area contributed by atoms with Crippen LogP contribution in [0.5, 0.6) is 0 Å². The van der Waals surface area contributed by atoms with Crippen molar-refractivity contribution in [3.8, 4) is 0 Å². The van der Waals surface area contributed by atoms with Crippen LogP contribution in [0.1, 0.15) is 11.3 Å². The Morgan fingerprint density at radius 3 is 2.87 bits per heavy atom. The van der Waals surface area contributed by atoms with Crippen LogP contribution >= 0.6 is 24.0 Å². The lowest BCUT2D eigenvalue weighted by atomic mass is 10.2. The average Bonchev–Trinajstić information content (AvgIpc) is 2.42. The number of nitrogens with one attached hydrogen (secondary N) is 1. The number of hydrogen-bond donors (Lipinski definition) is 2. The predicted octanol–water partition coefficient (Wildman–Crippen LogP) is 1.14. The van der Waals surface area contributed by atoms with Gasteiger partial charge in [0, 0.05) is 19.3 Å². The normalized spacial score (nSPS) is 10.3. The monoisotopic (exact) mass is 244 g/mol. The fourth-order valence-electron chi connectivity index (χ4n) is 1.43. The van der Waals surface area contributed by atoms with Gasteiger partial charge in [0.1, 0.15) is 10.8 Å². The Labute approximate surface area is 99.6 Å². The molecule has 3 N–H and O–H groups in total. The maximum Gasteiger partial charge on any atom is 0.134 e. The van der Waals surface area contributed by atoms with Crippen LogP contribution in [-0.2, 0) is 7.05 Å². The average molecular weight is 244 g/mol. The summed E-state index contributed by atoms with van der Waals surface area (Å²) in [6.45, 7) is 2.80. The van der Waals surface area contributed by atoms with E-state index in [2.05, 4.69) is 16.7 Å². The number of nitrogens with zero attached hydrogens (tertiary/aromatic N) is 2. The number of hydrogen-bond acceptors (Lipinski definition) is 4. The van der Waals surface area contributed by atoms with Crippen molar-refractivity contribution in [1.82, 2.24) is 9.78 Å². The van der Waals surface area contributed by atoms with Crippen LogP contribution in [0, 0.1) is 6.92 Å². The van der Waals surface area contributed by atoms with E-state index < -0.39 is 0 Å². The van der Waals surface area contributed by atoms with E-state index in [0.29, 0.717) is 4.99 Å². The maximum absolute atomic E-state index is 5.67. The number of thiocarbonyl (C=S) groups is 1. The number of anilines is 1. The SMILES string of the molecule is CSCCNc1c(C(N)=S)c(C)nn1C. The Kier molecular flexibility index (Phi) is 4.41. The van der Waals surface area contributed by atoms with E-state index in [-0.39, 0.29) is 0 Å². The highest BCUT2D eigenvalue weighted by Gasteiger charge is 2.14. The summed E-state index contributed by atoms with van der Waals surface area (Å²) in [5.41, 5.74) is 7.39. The van der Waals surface area contributed by atoms with Crippen molar-refractivity contribution in [2.24, 2.45) is 12.8 Å². The van der Waals surface area contributed by atoms with Gasteiger partial charge in [-0.1, -0.05) is 12.2 Å². The van der Waals surface area contributed by atoms with Crippen molar-refractivity contribution in [1.29, 1.82) is 0 Å². The lowest BCUT2D eigenvalue weighted by molar-refractivity contribution is 0.760. The quantitative estimate of drug-likeness (QED) is 0.601. The van der Waals surface area contributed by atoms with Gasteiger partial charge in [0.05, 0.1) is 11.3 Å². The minimum Gasteiger partial charge on any atom is -0.389 e. The zero-order chi connectivity index (χ0) is 11.4. The molecule has 0 unspecified atom stereocenters. The van der Waals surface area contributed by atoms with Crippen LogP contribution in [-0.4, -0.2) is 33.3 Å². The Balaban J connectivity index is 2.89. The molecule has 0 saturated heterocycles. The fourth-order valence-corrected chi connectivity index (χ4v) is 1.98. The molecular weight excluding hydrogens is 228 g/mol. The van der Waals surface area contributed by atoms with Crippen LogP contribution in [0.25, 0.3) is 0 Å². The molecule has 1 aromatic heterocycles. The molecule has 0 aromatic carbocycles. The summed E-state index contributed by atoms with van der Waals surface area (Å²) in [5.74, 6) is 1.95. The molecule has 6 heteroatoms. The molecule has 84 valence electrons. The highest BCUT2D eigenvalue weighted by Crippen LogP contribution is 2.18. The van der Waals surface area contributed by atoms with Gasteiger partial charge in [0.2, 0.25) is 0 Å². The van der Waals surface area contributed by atoms with Gasteiger partial charge in [-0.2, -0.15) is 16.9 Å². The first-order valence-corrected chi connectivity index (χ1v) is 6.44. The van der Waals surface area contributed by atoms with E-state index in [0.717, 1.165) is 29.4 Å². The highest BCUT2D eigenvalue weighted by atomic mass is 32.2. The van der Waals surface area contributed by atoms with Gasteiger partial charge in [0.15, 0.2) is 0 Å². The van der Waals surface area contributed by atoms with Crippen LogP contribution < -0.4 is 11.1 Å². The van der Waals surface area contributed by atoms with Crippen LogP contribution in [0.3, 0.4) is 0 Å². The third kappa shape index (κ3) is 2.85. The van der Waals surface area contributed by atoms with Gasteiger partial charge < -0.3 is 11.1 Å². The van der Waals surface area contributed by atoms with Crippen LogP contribution in [0.2, 0.25) is 0 Å². The second-order valence-electron chi connectivity index (χ2n) is 3.22. The number of nitrogens with two attached hydrogens (primary N) is 1. The molecule has 15 heavy (non-hydrogen) atoms. The van der Waals surface area contributed by atoms with Crippen molar-refractivity contribution in [3.05, 3.63) is 11.3 Å².